The molecule has 2 heterocycles. The van der Waals surface area contributed by atoms with Gasteiger partial charge in [-0.05, 0) is 36.4 Å². The van der Waals surface area contributed by atoms with E-state index in [1.807, 2.05) is 0 Å². The lowest BCUT2D eigenvalue weighted by molar-refractivity contribution is -0.120. The van der Waals surface area contributed by atoms with Gasteiger partial charge in [0.2, 0.25) is 0 Å². The lowest BCUT2D eigenvalue weighted by Gasteiger charge is -2.27. The van der Waals surface area contributed by atoms with Gasteiger partial charge in [0, 0.05) is 57.8 Å². The number of H-pyrrole nitrogens is 2. The van der Waals surface area contributed by atoms with Crippen molar-refractivity contribution in [3.63, 3.8) is 0 Å². The number of nitrogens with zero attached hydrogens (tertiary/aromatic N) is 2. The van der Waals surface area contributed by atoms with Gasteiger partial charge < -0.3 is 31.6 Å². The molecule has 0 aliphatic rings. The molecule has 0 aliphatic carbocycles. The Morgan fingerprint density at radius 3 is 1.56 bits per heavy atom. The Bertz CT molecular complexity index is 1330. The van der Waals surface area contributed by atoms with E-state index in [1.165, 1.54) is 49.1 Å². The number of thioether (sulfide) groups is 1. The summed E-state index contributed by atoms with van der Waals surface area (Å²) in [6.45, 7) is 0. The maximum atomic E-state index is 13.8. The molecule has 2 unspecified atom stereocenters. The van der Waals surface area contributed by atoms with Gasteiger partial charge in [0.15, 0.2) is 11.6 Å². The van der Waals surface area contributed by atoms with E-state index in [4.69, 9.17) is 34.7 Å². The third kappa shape index (κ3) is 7.00. The molecule has 13 heteroatoms. The van der Waals surface area contributed by atoms with Crippen molar-refractivity contribution in [1.29, 1.82) is 0 Å². The Labute approximate surface area is 238 Å². The summed E-state index contributed by atoms with van der Waals surface area (Å²) in [5.41, 5.74) is 14.2. The first-order valence-electron chi connectivity index (χ1n) is 11.8. The van der Waals surface area contributed by atoms with Crippen molar-refractivity contribution in [1.82, 2.24) is 19.9 Å². The number of hydrogen-bond acceptors (Lipinski definition) is 9. The molecular formula is C26H26Cl2N6O4S. The van der Waals surface area contributed by atoms with Crippen LogP contribution in [0.15, 0.2) is 61.4 Å². The largest absolute Gasteiger partial charge is 0.508 e. The van der Waals surface area contributed by atoms with E-state index in [1.54, 1.807) is 12.4 Å². The number of nitrogens with two attached hydrogens (primary N) is 2. The number of aromatic amines is 2. The Hall–Kier alpha value is -3.35. The molecule has 0 radical (unpaired) electrons. The van der Waals surface area contributed by atoms with E-state index >= 15 is 0 Å². The van der Waals surface area contributed by atoms with Crippen molar-refractivity contribution in [2.24, 2.45) is 11.5 Å². The second kappa shape index (κ2) is 12.7. The topological polar surface area (TPSA) is 184 Å². The second-order valence-electron chi connectivity index (χ2n) is 8.88. The SMILES string of the molecule is N[C@@H](Cc1cnc[nH]1)C(=O)C(SC(C(=O)[C@@H](N)Cc1cnc[nH]1)c1cc(Cl)ccc1O)c1cc(Cl)ccc1O. The molecule has 204 valence electrons. The van der Waals surface area contributed by atoms with Crippen molar-refractivity contribution < 1.29 is 19.8 Å². The molecule has 2 aromatic carbocycles. The third-order valence-corrected chi connectivity index (χ3v) is 8.04. The third-order valence-electron chi connectivity index (χ3n) is 6.05. The molecule has 0 saturated heterocycles. The smallest absolute Gasteiger partial charge is 0.167 e. The molecule has 0 amide bonds. The first kappa shape index (κ1) is 28.7. The standard InChI is InChI=1S/C26H26Cl2N6O4S/c27-13-1-3-21(35)17(5-13)25(23(37)19(29)7-15-9-31-11-33-15)39-26(18-6-14(28)2-4-22(18)36)24(38)20(30)8-16-10-32-12-34-16/h1-6,9-12,19-20,25-26,35-36H,7-8,29-30H2,(H,31,33)(H,32,34)/t19-,20-,25?,26?/m0/s1. The summed E-state index contributed by atoms with van der Waals surface area (Å²) in [5, 5.41) is 19.7. The first-order chi connectivity index (χ1) is 18.6. The van der Waals surface area contributed by atoms with Gasteiger partial charge in [0.25, 0.3) is 0 Å². The number of carbonyl (C=O) groups excluding carboxylic acids is 2. The van der Waals surface area contributed by atoms with Crippen LogP contribution in [-0.2, 0) is 22.4 Å². The molecule has 39 heavy (non-hydrogen) atoms. The second-order valence-corrected chi connectivity index (χ2v) is 11.0. The van der Waals surface area contributed by atoms with Gasteiger partial charge in [-0.2, -0.15) is 0 Å². The Kier molecular flexibility index (Phi) is 9.31. The van der Waals surface area contributed by atoms with Crippen LogP contribution in [0.2, 0.25) is 10.0 Å². The molecule has 0 fully saturated rings. The zero-order chi connectivity index (χ0) is 28.1. The van der Waals surface area contributed by atoms with Crippen LogP contribution in [0.5, 0.6) is 11.5 Å². The average Bonchev–Trinajstić information content (AvgIpc) is 3.62. The van der Waals surface area contributed by atoms with Gasteiger partial charge >= 0.3 is 0 Å². The van der Waals surface area contributed by atoms with Crippen molar-refractivity contribution >= 4 is 46.5 Å². The van der Waals surface area contributed by atoms with Crippen molar-refractivity contribution in [3.8, 4) is 11.5 Å². The number of benzene rings is 2. The number of aromatic nitrogens is 4. The summed E-state index contributed by atoms with van der Waals surface area (Å²) in [7, 11) is 0. The summed E-state index contributed by atoms with van der Waals surface area (Å²) >= 11 is 13.3. The van der Waals surface area contributed by atoms with Gasteiger partial charge in [0.05, 0.1) is 35.2 Å². The zero-order valence-electron chi connectivity index (χ0n) is 20.4. The monoisotopic (exact) mass is 588 g/mol. The lowest BCUT2D eigenvalue weighted by atomic mass is 9.99. The minimum atomic E-state index is -1.16. The first-order valence-corrected chi connectivity index (χ1v) is 13.5. The molecule has 10 nitrogen and oxygen atoms in total. The van der Waals surface area contributed by atoms with E-state index < -0.39 is 34.2 Å². The highest BCUT2D eigenvalue weighted by Gasteiger charge is 2.37. The van der Waals surface area contributed by atoms with Gasteiger partial charge in [-0.15, -0.1) is 11.8 Å². The van der Waals surface area contributed by atoms with Gasteiger partial charge in [0.1, 0.15) is 11.5 Å². The van der Waals surface area contributed by atoms with Gasteiger partial charge in [-0.3, -0.25) is 9.59 Å². The highest BCUT2D eigenvalue weighted by Crippen LogP contribution is 2.48. The van der Waals surface area contributed by atoms with Crippen LogP contribution in [0.4, 0.5) is 0 Å². The summed E-state index contributed by atoms with van der Waals surface area (Å²) in [6.07, 6.45) is 6.32. The van der Waals surface area contributed by atoms with Crippen molar-refractivity contribution in [2.75, 3.05) is 0 Å². The van der Waals surface area contributed by atoms with Crippen molar-refractivity contribution in [3.05, 3.63) is 94.0 Å². The number of phenolic OH excluding ortho intramolecular Hbond substituents is 2. The number of imidazole rings is 2. The highest BCUT2D eigenvalue weighted by molar-refractivity contribution is 8.01. The maximum Gasteiger partial charge on any atom is 0.167 e. The van der Waals surface area contributed by atoms with E-state index in [2.05, 4.69) is 19.9 Å². The fraction of sp³-hybridized carbons (Fsp3) is 0.231. The number of rotatable bonds is 12. The minimum absolute atomic E-state index is 0.136. The number of carbonyl (C=O) groups is 2. The lowest BCUT2D eigenvalue weighted by Crippen LogP contribution is -2.38. The summed E-state index contributed by atoms with van der Waals surface area (Å²) in [4.78, 5) is 41.4. The molecule has 0 saturated carbocycles. The molecule has 4 atom stereocenters. The number of phenols is 2. The number of nitrogens with one attached hydrogen (secondary N) is 2. The fourth-order valence-electron chi connectivity index (χ4n) is 4.05. The number of hydrogen-bond donors (Lipinski definition) is 6. The molecular weight excluding hydrogens is 563 g/mol. The number of aromatic hydroxyl groups is 2. The number of Topliss-reactive ketones (excluding diaryl/α,β-unsaturated/α-hetero) is 2. The molecule has 0 spiro atoms. The molecule has 4 aromatic rings. The quantitative estimate of drug-likeness (QED) is 0.144. The predicted octanol–water partition coefficient (Wildman–Crippen LogP) is 3.64. The molecule has 4 rings (SSSR count). The minimum Gasteiger partial charge on any atom is -0.508 e. The zero-order valence-corrected chi connectivity index (χ0v) is 22.7. The summed E-state index contributed by atoms with van der Waals surface area (Å²) in [5.74, 6) is -1.37. The Morgan fingerprint density at radius 2 is 1.21 bits per heavy atom. The van der Waals surface area contributed by atoms with Crippen molar-refractivity contribution in [2.45, 2.75) is 35.4 Å². The maximum absolute atomic E-state index is 13.8. The van der Waals surface area contributed by atoms with Gasteiger partial charge in [-0.1, -0.05) is 23.2 Å². The van der Waals surface area contributed by atoms with E-state index in [-0.39, 0.29) is 45.5 Å². The normalized spacial score (nSPS) is 14.5. The molecule has 2 aromatic heterocycles. The van der Waals surface area contributed by atoms with Crippen LogP contribution < -0.4 is 11.5 Å². The van der Waals surface area contributed by atoms with Crippen LogP contribution in [0.3, 0.4) is 0 Å². The Morgan fingerprint density at radius 1 is 0.795 bits per heavy atom. The average molecular weight is 590 g/mol. The van der Waals surface area contributed by atoms with Crippen LogP contribution in [0.1, 0.15) is 33.0 Å². The predicted molar refractivity (Wildman–Crippen MR) is 150 cm³/mol. The number of halogens is 2. The van der Waals surface area contributed by atoms with Crippen LogP contribution in [0, 0.1) is 0 Å². The van der Waals surface area contributed by atoms with Crippen LogP contribution >= 0.6 is 35.0 Å². The Balaban J connectivity index is 1.75. The van der Waals surface area contributed by atoms with E-state index in [9.17, 15) is 19.8 Å². The van der Waals surface area contributed by atoms with Crippen LogP contribution in [0.25, 0.3) is 0 Å². The van der Waals surface area contributed by atoms with Gasteiger partial charge in [-0.25, -0.2) is 9.97 Å². The molecule has 8 N–H and O–H groups in total. The molecule has 0 bridgehead atoms. The van der Waals surface area contributed by atoms with Crippen LogP contribution in [-0.4, -0.2) is 53.8 Å². The summed E-state index contributed by atoms with van der Waals surface area (Å²) < 4.78 is 0. The molecule has 0 aliphatic heterocycles. The highest BCUT2D eigenvalue weighted by atomic mass is 35.5. The van der Waals surface area contributed by atoms with E-state index in [0.717, 1.165) is 11.8 Å². The fourth-order valence-corrected chi connectivity index (χ4v) is 5.97. The number of ketones is 2. The summed E-state index contributed by atoms with van der Waals surface area (Å²) in [6, 6.07) is 6.50. The van der Waals surface area contributed by atoms with E-state index in [0.29, 0.717) is 11.4 Å².